The maximum absolute atomic E-state index is 14.2. The number of nitrogens with zero attached hydrogens (tertiary/aromatic N) is 1. The summed E-state index contributed by atoms with van der Waals surface area (Å²) < 4.78 is 95.9. The zero-order chi connectivity index (χ0) is 27.3. The molecule has 2 aliphatic rings. The molecule has 1 aliphatic carbocycles. The van der Waals surface area contributed by atoms with Gasteiger partial charge in [0.05, 0.1) is 30.4 Å². The van der Waals surface area contributed by atoms with Crippen LogP contribution in [0, 0.1) is 0 Å². The number of alkyl halides is 6. The van der Waals surface area contributed by atoms with Gasteiger partial charge in [-0.15, -0.1) is 0 Å². The van der Waals surface area contributed by atoms with E-state index in [2.05, 4.69) is 0 Å². The molecule has 11 heteroatoms. The van der Waals surface area contributed by atoms with Crippen LogP contribution in [0.25, 0.3) is 0 Å². The topological polar surface area (TPSA) is 38.8 Å². The Morgan fingerprint density at radius 1 is 0.947 bits per heavy atom. The summed E-state index contributed by atoms with van der Waals surface area (Å²) in [6.07, 6.45) is -3.67. The summed E-state index contributed by atoms with van der Waals surface area (Å²) >= 11 is 0.553. The van der Waals surface area contributed by atoms with E-state index in [9.17, 15) is 31.1 Å². The standard InChI is InChI=1S/C27H27F6NO3S/c28-26(29,30)24-21(22(35)11-12-34-13-15-36-16-14-34)9-10-23(25(24)27(31,32)33)38-20-8-4-7-19(17-20)37-18-5-2-1-3-6-18/h4,7-12,17-18H,1-3,5-6,13-16H2. The quantitative estimate of drug-likeness (QED) is 0.198. The third kappa shape index (κ3) is 7.25. The van der Waals surface area contributed by atoms with Crippen molar-refractivity contribution in [1.82, 2.24) is 4.90 Å². The van der Waals surface area contributed by atoms with Crippen LogP contribution in [0.5, 0.6) is 5.75 Å². The lowest BCUT2D eigenvalue weighted by Gasteiger charge is -2.25. The van der Waals surface area contributed by atoms with Crippen LogP contribution in [0.4, 0.5) is 26.3 Å². The molecule has 1 heterocycles. The average Bonchev–Trinajstić information content (AvgIpc) is 2.87. The second-order valence-corrected chi connectivity index (χ2v) is 10.3. The van der Waals surface area contributed by atoms with Crippen molar-refractivity contribution in [3.63, 3.8) is 0 Å². The highest BCUT2D eigenvalue weighted by atomic mass is 32.2. The molecule has 2 aromatic carbocycles. The number of ketones is 1. The van der Waals surface area contributed by atoms with Crippen LogP contribution >= 0.6 is 11.8 Å². The maximum atomic E-state index is 14.2. The molecule has 206 valence electrons. The molecule has 0 N–H and O–H groups in total. The van der Waals surface area contributed by atoms with Crippen LogP contribution in [-0.2, 0) is 17.1 Å². The molecule has 0 radical (unpaired) electrons. The predicted molar refractivity (Wildman–Crippen MR) is 130 cm³/mol. The first-order valence-electron chi connectivity index (χ1n) is 12.3. The number of ether oxygens (including phenoxy) is 2. The van der Waals surface area contributed by atoms with E-state index in [4.69, 9.17) is 9.47 Å². The molecule has 0 atom stereocenters. The second-order valence-electron chi connectivity index (χ2n) is 9.14. The Labute approximate surface area is 221 Å². The Hall–Kier alpha value is -2.66. The van der Waals surface area contributed by atoms with Crippen LogP contribution < -0.4 is 4.74 Å². The lowest BCUT2D eigenvalue weighted by Crippen LogP contribution is -2.32. The number of benzene rings is 2. The minimum atomic E-state index is -5.41. The third-order valence-corrected chi connectivity index (χ3v) is 7.42. The summed E-state index contributed by atoms with van der Waals surface area (Å²) in [6, 6.07) is 8.04. The fourth-order valence-electron chi connectivity index (χ4n) is 4.55. The van der Waals surface area contributed by atoms with Gasteiger partial charge in [-0.05, 0) is 56.0 Å². The number of hydrogen-bond donors (Lipinski definition) is 0. The fraction of sp³-hybridized carbons (Fsp3) is 0.444. The van der Waals surface area contributed by atoms with Gasteiger partial charge in [-0.25, -0.2) is 0 Å². The summed E-state index contributed by atoms with van der Waals surface area (Å²) in [4.78, 5) is 14.0. The van der Waals surface area contributed by atoms with Crippen molar-refractivity contribution in [2.45, 2.75) is 60.4 Å². The summed E-state index contributed by atoms with van der Waals surface area (Å²) in [6.45, 7) is 1.60. The zero-order valence-corrected chi connectivity index (χ0v) is 21.2. The number of rotatable bonds is 7. The van der Waals surface area contributed by atoms with Crippen molar-refractivity contribution in [2.75, 3.05) is 26.3 Å². The van der Waals surface area contributed by atoms with Crippen molar-refractivity contribution in [3.05, 3.63) is 65.4 Å². The first-order valence-corrected chi connectivity index (χ1v) is 13.1. The third-order valence-electron chi connectivity index (χ3n) is 6.37. The zero-order valence-electron chi connectivity index (χ0n) is 20.4. The number of morpholine rings is 1. The number of allylic oxidation sites excluding steroid dienone is 1. The molecule has 4 rings (SSSR count). The van der Waals surface area contributed by atoms with Gasteiger partial charge in [0.25, 0.3) is 0 Å². The van der Waals surface area contributed by atoms with E-state index in [1.54, 1.807) is 17.0 Å². The first kappa shape index (κ1) is 28.4. The van der Waals surface area contributed by atoms with E-state index in [1.807, 2.05) is 0 Å². The monoisotopic (exact) mass is 559 g/mol. The summed E-state index contributed by atoms with van der Waals surface area (Å²) in [7, 11) is 0. The summed E-state index contributed by atoms with van der Waals surface area (Å²) in [5, 5.41) is 0. The van der Waals surface area contributed by atoms with Gasteiger partial charge in [-0.2, -0.15) is 26.3 Å². The Morgan fingerprint density at radius 2 is 1.63 bits per heavy atom. The van der Waals surface area contributed by atoms with Crippen molar-refractivity contribution in [3.8, 4) is 5.75 Å². The SMILES string of the molecule is O=C(C=CN1CCOCC1)c1ccc(Sc2cccc(OC3CCCCC3)c2)c(C(F)(F)F)c1C(F)(F)F. The number of halogens is 6. The lowest BCUT2D eigenvalue weighted by molar-refractivity contribution is -0.163. The number of carbonyl (C=O) groups excluding carboxylic acids is 1. The van der Waals surface area contributed by atoms with E-state index in [0.29, 0.717) is 48.7 Å². The highest BCUT2D eigenvalue weighted by molar-refractivity contribution is 7.99. The molecule has 38 heavy (non-hydrogen) atoms. The van der Waals surface area contributed by atoms with Gasteiger partial charge in [-0.3, -0.25) is 4.79 Å². The van der Waals surface area contributed by atoms with Crippen molar-refractivity contribution in [1.29, 1.82) is 0 Å². The van der Waals surface area contributed by atoms with Gasteiger partial charge in [0.1, 0.15) is 5.75 Å². The minimum absolute atomic E-state index is 0.00220. The Morgan fingerprint density at radius 3 is 2.29 bits per heavy atom. The summed E-state index contributed by atoms with van der Waals surface area (Å²) in [5.74, 6) is -0.708. The normalized spacial score (nSPS) is 17.7. The first-order chi connectivity index (χ1) is 18.0. The number of carbonyl (C=O) groups is 1. The van der Waals surface area contributed by atoms with Gasteiger partial charge in [0.15, 0.2) is 5.78 Å². The molecule has 2 aromatic rings. The van der Waals surface area contributed by atoms with Crippen LogP contribution in [0.3, 0.4) is 0 Å². The van der Waals surface area contributed by atoms with Gasteiger partial charge >= 0.3 is 12.4 Å². The maximum Gasteiger partial charge on any atom is 0.418 e. The Bertz CT molecular complexity index is 1150. The van der Waals surface area contributed by atoms with Crippen LogP contribution in [0.2, 0.25) is 0 Å². The molecule has 1 saturated carbocycles. The van der Waals surface area contributed by atoms with E-state index >= 15 is 0 Å². The molecule has 0 aromatic heterocycles. The van der Waals surface area contributed by atoms with Crippen LogP contribution in [-0.4, -0.2) is 43.1 Å². The van der Waals surface area contributed by atoms with E-state index < -0.39 is 39.7 Å². The molecular weight excluding hydrogens is 532 g/mol. The Kier molecular flexibility index (Phi) is 8.97. The van der Waals surface area contributed by atoms with E-state index in [-0.39, 0.29) is 6.10 Å². The highest BCUT2D eigenvalue weighted by Gasteiger charge is 2.47. The molecule has 0 unspecified atom stereocenters. The van der Waals surface area contributed by atoms with Gasteiger partial charge in [0.2, 0.25) is 0 Å². The molecular formula is C27H27F6NO3S. The highest BCUT2D eigenvalue weighted by Crippen LogP contribution is 2.48. The Balaban J connectivity index is 1.67. The molecule has 1 aliphatic heterocycles. The summed E-state index contributed by atoms with van der Waals surface area (Å²) in [5.41, 5.74) is -4.91. The molecule has 1 saturated heterocycles. The van der Waals surface area contributed by atoms with Crippen molar-refractivity contribution >= 4 is 17.5 Å². The average molecular weight is 560 g/mol. The molecule has 0 bridgehead atoms. The van der Waals surface area contributed by atoms with Gasteiger partial charge < -0.3 is 14.4 Å². The van der Waals surface area contributed by atoms with Crippen LogP contribution in [0.15, 0.2) is 58.5 Å². The van der Waals surface area contributed by atoms with Crippen molar-refractivity contribution in [2.24, 2.45) is 0 Å². The van der Waals surface area contributed by atoms with Gasteiger partial charge in [-0.1, -0.05) is 24.2 Å². The van der Waals surface area contributed by atoms with Crippen LogP contribution in [0.1, 0.15) is 53.6 Å². The smallest absolute Gasteiger partial charge is 0.418 e. The molecule has 2 fully saturated rings. The molecule has 0 amide bonds. The lowest BCUT2D eigenvalue weighted by atomic mass is 9.96. The minimum Gasteiger partial charge on any atom is -0.490 e. The largest absolute Gasteiger partial charge is 0.490 e. The van der Waals surface area contributed by atoms with E-state index in [1.165, 1.54) is 18.3 Å². The number of hydrogen-bond acceptors (Lipinski definition) is 5. The van der Waals surface area contributed by atoms with Crippen molar-refractivity contribution < 1.29 is 40.6 Å². The fourth-order valence-corrected chi connectivity index (χ4v) is 5.58. The second kappa shape index (κ2) is 12.0. The van der Waals surface area contributed by atoms with Gasteiger partial charge in [0, 0.05) is 40.7 Å². The predicted octanol–water partition coefficient (Wildman–Crippen LogP) is 7.62. The van der Waals surface area contributed by atoms with E-state index in [0.717, 1.165) is 50.3 Å². The molecule has 4 nitrogen and oxygen atoms in total. The molecule has 0 spiro atoms.